The van der Waals surface area contributed by atoms with Gasteiger partial charge in [0.1, 0.15) is 17.6 Å². The first-order valence-electron chi connectivity index (χ1n) is 5.64. The summed E-state index contributed by atoms with van der Waals surface area (Å²) in [6.07, 6.45) is -0.0360. The normalized spacial score (nSPS) is 21.3. The highest BCUT2D eigenvalue weighted by molar-refractivity contribution is 5.91. The average Bonchev–Trinajstić information content (AvgIpc) is 2.30. The van der Waals surface area contributed by atoms with Gasteiger partial charge in [0, 0.05) is 13.3 Å². The fourth-order valence-corrected chi connectivity index (χ4v) is 1.83. The van der Waals surface area contributed by atoms with Crippen LogP contribution in [-0.4, -0.2) is 21.8 Å². The number of pyridine rings is 1. The van der Waals surface area contributed by atoms with Crippen LogP contribution in [0.1, 0.15) is 26.0 Å². The van der Waals surface area contributed by atoms with Crippen molar-refractivity contribution in [3.8, 4) is 5.75 Å². The summed E-state index contributed by atoms with van der Waals surface area (Å²) in [6.45, 7) is 5.22. The molecule has 1 aromatic heterocycles. The number of nitro groups is 1. The van der Waals surface area contributed by atoms with Gasteiger partial charge in [0.05, 0.1) is 5.41 Å². The smallest absolute Gasteiger partial charge is 0.406 e. The lowest BCUT2D eigenvalue weighted by atomic mass is 9.68. The first-order chi connectivity index (χ1) is 8.32. The van der Waals surface area contributed by atoms with E-state index in [0.29, 0.717) is 5.69 Å². The maximum Gasteiger partial charge on any atom is 0.406 e. The van der Waals surface area contributed by atoms with Crippen LogP contribution in [0.25, 0.3) is 0 Å². The average molecular weight is 250 g/mol. The Morgan fingerprint density at radius 2 is 2.17 bits per heavy atom. The van der Waals surface area contributed by atoms with Crippen LogP contribution in [0.5, 0.6) is 5.75 Å². The second kappa shape index (κ2) is 4.04. The van der Waals surface area contributed by atoms with E-state index >= 15 is 0 Å². The summed E-state index contributed by atoms with van der Waals surface area (Å²) >= 11 is 0. The van der Waals surface area contributed by atoms with Gasteiger partial charge in [-0.25, -0.2) is 0 Å². The van der Waals surface area contributed by atoms with Gasteiger partial charge in [-0.3, -0.25) is 4.79 Å². The number of carbonyl (C=O) groups excluding carboxylic acids is 1. The molecule has 0 aromatic carbocycles. The molecule has 0 spiro atoms. The van der Waals surface area contributed by atoms with E-state index in [2.05, 4.69) is 4.98 Å². The molecular formula is C12H14N2O4. The van der Waals surface area contributed by atoms with Crippen LogP contribution in [0, 0.1) is 22.5 Å². The second-order valence-corrected chi connectivity index (χ2v) is 4.99. The van der Waals surface area contributed by atoms with E-state index in [1.807, 2.05) is 0 Å². The quantitative estimate of drug-likeness (QED) is 0.605. The molecule has 0 saturated heterocycles. The van der Waals surface area contributed by atoms with E-state index in [1.165, 1.54) is 6.07 Å². The Morgan fingerprint density at radius 1 is 1.50 bits per heavy atom. The van der Waals surface area contributed by atoms with Crippen molar-refractivity contribution in [2.75, 3.05) is 0 Å². The molecule has 1 fully saturated rings. The number of aryl methyl sites for hydroxylation is 1. The molecule has 1 saturated carbocycles. The van der Waals surface area contributed by atoms with Crippen LogP contribution in [-0.2, 0) is 4.79 Å². The predicted octanol–water partition coefficient (Wildman–Crippen LogP) is 2.04. The standard InChI is InChI=1S/C12H14N2O4/c1-7-4-5-8(11(13-7)14(16)17)18-10-6-9(15)12(10,2)3/h4-5,10H,6H2,1-3H3. The van der Waals surface area contributed by atoms with Crippen molar-refractivity contribution in [1.29, 1.82) is 0 Å². The van der Waals surface area contributed by atoms with E-state index in [0.717, 1.165) is 0 Å². The molecule has 1 atom stereocenters. The van der Waals surface area contributed by atoms with Gasteiger partial charge in [0.2, 0.25) is 5.75 Å². The number of carbonyl (C=O) groups is 1. The molecule has 0 aliphatic heterocycles. The number of rotatable bonds is 3. The van der Waals surface area contributed by atoms with Crippen molar-refractivity contribution in [3.63, 3.8) is 0 Å². The van der Waals surface area contributed by atoms with Gasteiger partial charge in [-0.1, -0.05) is 0 Å². The van der Waals surface area contributed by atoms with Gasteiger partial charge in [0.15, 0.2) is 0 Å². The van der Waals surface area contributed by atoms with Crippen molar-refractivity contribution in [1.82, 2.24) is 4.98 Å². The van der Waals surface area contributed by atoms with E-state index in [4.69, 9.17) is 4.74 Å². The summed E-state index contributed by atoms with van der Waals surface area (Å²) in [4.78, 5) is 25.5. The summed E-state index contributed by atoms with van der Waals surface area (Å²) in [5.41, 5.74) is -0.0309. The lowest BCUT2D eigenvalue weighted by Gasteiger charge is -2.41. The minimum atomic E-state index is -0.585. The minimum Gasteiger partial charge on any atom is -0.481 e. The number of hydrogen-bond acceptors (Lipinski definition) is 5. The molecule has 6 heteroatoms. The van der Waals surface area contributed by atoms with Crippen LogP contribution in [0.3, 0.4) is 0 Å². The Balaban J connectivity index is 2.25. The lowest BCUT2D eigenvalue weighted by molar-refractivity contribution is -0.391. The van der Waals surface area contributed by atoms with Crippen molar-refractivity contribution in [2.45, 2.75) is 33.3 Å². The van der Waals surface area contributed by atoms with Crippen molar-refractivity contribution < 1.29 is 14.5 Å². The zero-order valence-corrected chi connectivity index (χ0v) is 10.5. The predicted molar refractivity (Wildman–Crippen MR) is 63.4 cm³/mol. The number of ketones is 1. The molecule has 0 bridgehead atoms. The van der Waals surface area contributed by atoms with Gasteiger partial charge >= 0.3 is 5.82 Å². The van der Waals surface area contributed by atoms with Gasteiger partial charge < -0.3 is 14.9 Å². The zero-order chi connectivity index (χ0) is 13.5. The molecule has 2 rings (SSSR count). The van der Waals surface area contributed by atoms with E-state index in [9.17, 15) is 14.9 Å². The Bertz CT molecular complexity index is 525. The topological polar surface area (TPSA) is 82.3 Å². The van der Waals surface area contributed by atoms with Crippen LogP contribution >= 0.6 is 0 Å². The lowest BCUT2D eigenvalue weighted by Crippen LogP contribution is -2.53. The number of Topliss-reactive ketones (excluding diaryl/α,β-unsaturated/α-hetero) is 1. The third-order valence-electron chi connectivity index (χ3n) is 3.32. The summed E-state index contributed by atoms with van der Waals surface area (Å²) < 4.78 is 5.56. The second-order valence-electron chi connectivity index (χ2n) is 4.99. The maximum absolute atomic E-state index is 11.4. The fourth-order valence-electron chi connectivity index (χ4n) is 1.83. The first-order valence-corrected chi connectivity index (χ1v) is 5.64. The highest BCUT2D eigenvalue weighted by Gasteiger charge is 2.49. The molecule has 0 amide bonds. The molecule has 96 valence electrons. The zero-order valence-electron chi connectivity index (χ0n) is 10.5. The minimum absolute atomic E-state index is 0.107. The first kappa shape index (κ1) is 12.5. The number of ether oxygens (including phenoxy) is 1. The Morgan fingerprint density at radius 3 is 2.67 bits per heavy atom. The molecule has 1 aliphatic carbocycles. The van der Waals surface area contributed by atoms with E-state index in [-0.39, 0.29) is 29.9 Å². The summed E-state index contributed by atoms with van der Waals surface area (Å²) in [7, 11) is 0. The molecule has 1 aliphatic rings. The Kier molecular flexibility index (Phi) is 2.80. The highest BCUT2D eigenvalue weighted by Crippen LogP contribution is 2.40. The molecular weight excluding hydrogens is 236 g/mol. The Labute approximate surface area is 104 Å². The number of aromatic nitrogens is 1. The van der Waals surface area contributed by atoms with Crippen LogP contribution in [0.15, 0.2) is 12.1 Å². The molecule has 1 heterocycles. The molecule has 1 aromatic rings. The summed E-state index contributed by atoms with van der Waals surface area (Å²) in [5, 5.41) is 10.9. The number of nitrogens with zero attached hydrogens (tertiary/aromatic N) is 2. The fraction of sp³-hybridized carbons (Fsp3) is 0.500. The van der Waals surface area contributed by atoms with Crippen LogP contribution < -0.4 is 4.74 Å². The van der Waals surface area contributed by atoms with Crippen LogP contribution in [0.2, 0.25) is 0 Å². The van der Waals surface area contributed by atoms with Crippen molar-refractivity contribution in [2.24, 2.45) is 5.41 Å². The maximum atomic E-state index is 11.4. The SMILES string of the molecule is Cc1ccc(OC2CC(=O)C2(C)C)c([N+](=O)[O-])n1. The summed E-state index contributed by atoms with van der Waals surface area (Å²) in [5.74, 6) is -0.0726. The molecule has 0 N–H and O–H groups in total. The third kappa shape index (κ3) is 1.94. The van der Waals surface area contributed by atoms with Gasteiger partial charge in [-0.15, -0.1) is 0 Å². The van der Waals surface area contributed by atoms with Gasteiger partial charge in [-0.05, 0) is 35.9 Å². The van der Waals surface area contributed by atoms with Gasteiger partial charge in [0.25, 0.3) is 0 Å². The highest BCUT2D eigenvalue weighted by atomic mass is 16.6. The largest absolute Gasteiger partial charge is 0.481 e. The monoisotopic (exact) mass is 250 g/mol. The number of hydrogen-bond donors (Lipinski definition) is 0. The van der Waals surface area contributed by atoms with E-state index < -0.39 is 10.3 Å². The molecule has 6 nitrogen and oxygen atoms in total. The summed E-state index contributed by atoms with van der Waals surface area (Å²) in [6, 6.07) is 3.18. The van der Waals surface area contributed by atoms with Crippen molar-refractivity contribution in [3.05, 3.63) is 27.9 Å². The molecule has 18 heavy (non-hydrogen) atoms. The molecule has 1 unspecified atom stereocenters. The Hall–Kier alpha value is -1.98. The third-order valence-corrected chi connectivity index (χ3v) is 3.32. The van der Waals surface area contributed by atoms with Gasteiger partial charge in [-0.2, -0.15) is 0 Å². The van der Waals surface area contributed by atoms with E-state index in [1.54, 1.807) is 26.8 Å². The van der Waals surface area contributed by atoms with Crippen LogP contribution in [0.4, 0.5) is 5.82 Å². The van der Waals surface area contributed by atoms with Crippen molar-refractivity contribution >= 4 is 11.6 Å². The molecule has 0 radical (unpaired) electrons.